The van der Waals surface area contributed by atoms with Gasteiger partial charge in [-0.25, -0.2) is 0 Å². The average molecular weight is 911 g/mol. The molecule has 0 rings (SSSR count). The van der Waals surface area contributed by atoms with Crippen LogP contribution in [0.1, 0.15) is 290 Å². The van der Waals surface area contributed by atoms with Crippen molar-refractivity contribution in [2.24, 2.45) is 0 Å². The molecule has 65 heavy (non-hydrogen) atoms. The topological polar surface area (TPSA) is 78.9 Å². The first kappa shape index (κ1) is 62.4. The number of carbonyl (C=O) groups excluding carboxylic acids is 3. The molecule has 1 atom stereocenters. The summed E-state index contributed by atoms with van der Waals surface area (Å²) in [6.07, 6.45) is 65.2. The van der Waals surface area contributed by atoms with Gasteiger partial charge in [-0.3, -0.25) is 14.4 Å². The van der Waals surface area contributed by atoms with E-state index in [4.69, 9.17) is 14.2 Å². The van der Waals surface area contributed by atoms with Crippen LogP contribution in [0, 0.1) is 0 Å². The predicted molar refractivity (Wildman–Crippen MR) is 279 cm³/mol. The lowest BCUT2D eigenvalue weighted by Gasteiger charge is -2.18. The molecule has 0 N–H and O–H groups in total. The number of allylic oxidation sites excluding steroid dienone is 8. The van der Waals surface area contributed by atoms with Crippen LogP contribution in [0.25, 0.3) is 0 Å². The van der Waals surface area contributed by atoms with Crippen molar-refractivity contribution < 1.29 is 28.6 Å². The van der Waals surface area contributed by atoms with Crippen LogP contribution in [-0.2, 0) is 28.6 Å². The fourth-order valence-corrected chi connectivity index (χ4v) is 8.03. The highest BCUT2D eigenvalue weighted by Crippen LogP contribution is 2.16. The van der Waals surface area contributed by atoms with Gasteiger partial charge in [-0.2, -0.15) is 0 Å². The maximum Gasteiger partial charge on any atom is 0.306 e. The molecule has 0 unspecified atom stereocenters. The molecule has 0 saturated heterocycles. The van der Waals surface area contributed by atoms with Crippen molar-refractivity contribution in [2.75, 3.05) is 13.2 Å². The van der Waals surface area contributed by atoms with E-state index >= 15 is 0 Å². The van der Waals surface area contributed by atoms with E-state index in [9.17, 15) is 14.4 Å². The molecule has 0 aliphatic carbocycles. The summed E-state index contributed by atoms with van der Waals surface area (Å²) in [7, 11) is 0. The predicted octanol–water partition coefficient (Wildman–Crippen LogP) is 18.7. The van der Waals surface area contributed by atoms with Gasteiger partial charge in [-0.05, 0) is 83.5 Å². The molecule has 6 heteroatoms. The number of carbonyl (C=O) groups is 3. The summed E-state index contributed by atoms with van der Waals surface area (Å²) in [4.78, 5) is 38.1. The summed E-state index contributed by atoms with van der Waals surface area (Å²) in [5.41, 5.74) is 0. The molecule has 0 radical (unpaired) electrons. The smallest absolute Gasteiger partial charge is 0.306 e. The first-order chi connectivity index (χ1) is 32.0. The molecular formula is C59H106O6. The van der Waals surface area contributed by atoms with Crippen molar-refractivity contribution >= 4 is 17.9 Å². The first-order valence-corrected chi connectivity index (χ1v) is 28.1. The highest BCUT2D eigenvalue weighted by molar-refractivity contribution is 5.71. The number of hydrogen-bond donors (Lipinski definition) is 0. The van der Waals surface area contributed by atoms with Crippen LogP contribution in [0.5, 0.6) is 0 Å². The van der Waals surface area contributed by atoms with E-state index in [-0.39, 0.29) is 37.5 Å². The lowest BCUT2D eigenvalue weighted by molar-refractivity contribution is -0.167. The number of esters is 3. The Morgan fingerprint density at radius 3 is 0.938 bits per heavy atom. The van der Waals surface area contributed by atoms with Crippen LogP contribution >= 0.6 is 0 Å². The largest absolute Gasteiger partial charge is 0.462 e. The van der Waals surface area contributed by atoms with E-state index < -0.39 is 6.10 Å². The zero-order chi connectivity index (χ0) is 47.2. The van der Waals surface area contributed by atoms with Crippen molar-refractivity contribution in [2.45, 2.75) is 297 Å². The summed E-state index contributed by atoms with van der Waals surface area (Å²) in [5, 5.41) is 0. The lowest BCUT2D eigenvalue weighted by atomic mass is 10.0. The third-order valence-electron chi connectivity index (χ3n) is 12.3. The van der Waals surface area contributed by atoms with Gasteiger partial charge in [0.05, 0.1) is 0 Å². The van der Waals surface area contributed by atoms with Crippen molar-refractivity contribution in [3.05, 3.63) is 48.6 Å². The Bertz CT molecular complexity index is 1140. The molecule has 6 nitrogen and oxygen atoms in total. The monoisotopic (exact) mass is 911 g/mol. The molecular weight excluding hydrogens is 805 g/mol. The molecule has 0 aromatic carbocycles. The normalized spacial score (nSPS) is 12.4. The molecule has 0 aliphatic heterocycles. The molecule has 0 aromatic heterocycles. The van der Waals surface area contributed by atoms with Crippen LogP contribution in [-0.4, -0.2) is 37.2 Å². The van der Waals surface area contributed by atoms with Gasteiger partial charge in [-0.1, -0.05) is 236 Å². The van der Waals surface area contributed by atoms with E-state index in [0.717, 1.165) is 64.2 Å². The van der Waals surface area contributed by atoms with Gasteiger partial charge >= 0.3 is 17.9 Å². The molecule has 0 bridgehead atoms. The zero-order valence-electron chi connectivity index (χ0n) is 43.3. The maximum atomic E-state index is 12.8. The summed E-state index contributed by atoms with van der Waals surface area (Å²) in [6.45, 7) is 6.60. The van der Waals surface area contributed by atoms with Gasteiger partial charge in [-0.15, -0.1) is 0 Å². The number of rotatable bonds is 51. The summed E-state index contributed by atoms with van der Waals surface area (Å²) in [5.74, 6) is -0.917. The van der Waals surface area contributed by atoms with E-state index in [2.05, 4.69) is 69.4 Å². The zero-order valence-corrected chi connectivity index (χ0v) is 43.3. The van der Waals surface area contributed by atoms with Gasteiger partial charge in [0.15, 0.2) is 6.10 Å². The summed E-state index contributed by atoms with van der Waals surface area (Å²) < 4.78 is 16.8. The molecule has 0 fully saturated rings. The standard InChI is InChI=1S/C59H106O6/c1-4-7-10-13-16-19-22-25-28-29-32-34-37-40-43-46-49-52-58(61)64-55-56(65-59(62)53-50-47-44-41-38-35-31-27-24-21-18-15-12-9-6-3)54-63-57(60)51-48-45-42-39-36-33-30-26-23-20-17-14-11-8-5-2/h18,21,25,27-28,31,38,41,56H,4-17,19-20,22-24,26,29-30,32-37,39-40,42-55H2,1-3H3/b21-18-,28-25-,31-27-,41-38-/t56-/m0/s1. The van der Waals surface area contributed by atoms with Gasteiger partial charge in [0.2, 0.25) is 0 Å². The number of unbranched alkanes of at least 4 members (excludes halogenated alkanes) is 32. The summed E-state index contributed by atoms with van der Waals surface area (Å²) in [6, 6.07) is 0. The molecule has 0 spiro atoms. The van der Waals surface area contributed by atoms with Crippen molar-refractivity contribution in [1.82, 2.24) is 0 Å². The SMILES string of the molecule is CCCCC/C=C\C/C=C\C/C=C\CCCCC(=O)O[C@H](COC(=O)CCCCCCCCC/C=C\CCCCCCCC)COC(=O)CCCCCCCCCCCCCCCCC. The minimum absolute atomic E-state index is 0.0869. The van der Waals surface area contributed by atoms with E-state index in [1.54, 1.807) is 0 Å². The Morgan fingerprint density at radius 2 is 0.554 bits per heavy atom. The van der Waals surface area contributed by atoms with Gasteiger partial charge < -0.3 is 14.2 Å². The van der Waals surface area contributed by atoms with Gasteiger partial charge in [0.25, 0.3) is 0 Å². The molecule has 378 valence electrons. The van der Waals surface area contributed by atoms with Crippen LogP contribution in [0.2, 0.25) is 0 Å². The third kappa shape index (κ3) is 52.2. The minimum atomic E-state index is -0.792. The molecule has 0 aromatic rings. The Balaban J connectivity index is 4.41. The number of ether oxygens (including phenoxy) is 3. The fourth-order valence-electron chi connectivity index (χ4n) is 8.03. The van der Waals surface area contributed by atoms with E-state index in [0.29, 0.717) is 19.3 Å². The highest BCUT2D eigenvalue weighted by atomic mass is 16.6. The average Bonchev–Trinajstić information content (AvgIpc) is 3.30. The maximum absolute atomic E-state index is 12.8. The van der Waals surface area contributed by atoms with E-state index in [1.807, 2.05) is 0 Å². The molecule has 0 aliphatic rings. The van der Waals surface area contributed by atoms with Crippen LogP contribution < -0.4 is 0 Å². The van der Waals surface area contributed by atoms with Crippen LogP contribution in [0.15, 0.2) is 48.6 Å². The Morgan fingerprint density at radius 1 is 0.308 bits per heavy atom. The molecule has 0 saturated carbocycles. The molecule has 0 amide bonds. The summed E-state index contributed by atoms with van der Waals surface area (Å²) >= 11 is 0. The minimum Gasteiger partial charge on any atom is -0.462 e. The van der Waals surface area contributed by atoms with Crippen molar-refractivity contribution in [3.8, 4) is 0 Å². The van der Waals surface area contributed by atoms with Gasteiger partial charge in [0.1, 0.15) is 13.2 Å². The Hall–Kier alpha value is -2.63. The second-order valence-corrected chi connectivity index (χ2v) is 18.8. The Labute approximate surface area is 403 Å². The van der Waals surface area contributed by atoms with Crippen molar-refractivity contribution in [3.63, 3.8) is 0 Å². The highest BCUT2D eigenvalue weighted by Gasteiger charge is 2.19. The first-order valence-electron chi connectivity index (χ1n) is 28.1. The molecule has 0 heterocycles. The second kappa shape index (κ2) is 54.0. The van der Waals surface area contributed by atoms with Crippen LogP contribution in [0.4, 0.5) is 0 Å². The second-order valence-electron chi connectivity index (χ2n) is 18.8. The van der Waals surface area contributed by atoms with E-state index in [1.165, 1.54) is 180 Å². The third-order valence-corrected chi connectivity index (χ3v) is 12.3. The van der Waals surface area contributed by atoms with Crippen molar-refractivity contribution in [1.29, 1.82) is 0 Å². The lowest BCUT2D eigenvalue weighted by Crippen LogP contribution is -2.30. The van der Waals surface area contributed by atoms with Gasteiger partial charge in [0, 0.05) is 19.3 Å². The van der Waals surface area contributed by atoms with Crippen LogP contribution in [0.3, 0.4) is 0 Å². The quantitative estimate of drug-likeness (QED) is 0.0262. The number of hydrogen-bond acceptors (Lipinski definition) is 6. The Kier molecular flexibility index (Phi) is 51.8. The fraction of sp³-hybridized carbons (Fsp3) is 0.814.